The van der Waals surface area contributed by atoms with Crippen LogP contribution in [0.4, 0.5) is 11.4 Å². The third-order valence-electron chi connectivity index (χ3n) is 5.62. The highest BCUT2D eigenvalue weighted by Crippen LogP contribution is 2.39. The summed E-state index contributed by atoms with van der Waals surface area (Å²) in [4.78, 5) is 30.9. The zero-order chi connectivity index (χ0) is 22.0. The zero-order valence-corrected chi connectivity index (χ0v) is 18.1. The first-order valence-electron chi connectivity index (χ1n) is 10.2. The molecule has 2 aliphatic heterocycles. The number of ketones is 1. The minimum Gasteiger partial charge on any atom is -0.493 e. The predicted molar refractivity (Wildman–Crippen MR) is 117 cm³/mol. The Morgan fingerprint density at radius 2 is 1.65 bits per heavy atom. The SMILES string of the molecule is COc1cc2c(cc1OC)N(CN(C)Cc1ccc(N3CCOCC3)cc1)C(=O)C2=O. The molecule has 2 aromatic rings. The number of anilines is 2. The highest BCUT2D eigenvalue weighted by atomic mass is 16.5. The molecule has 4 rings (SSSR count). The quantitative estimate of drug-likeness (QED) is 0.630. The van der Waals surface area contributed by atoms with E-state index in [9.17, 15) is 9.59 Å². The standard InChI is InChI=1S/C23H27N3O5/c1-24(14-16-4-6-17(7-5-16)25-8-10-31-11-9-25)15-26-19-13-21(30-3)20(29-2)12-18(19)22(27)23(26)28/h4-7,12-13H,8-11,14-15H2,1-3H3. The first kappa shape index (κ1) is 21.1. The number of morpholine rings is 1. The molecule has 0 N–H and O–H groups in total. The lowest BCUT2D eigenvalue weighted by molar-refractivity contribution is -0.114. The molecule has 2 heterocycles. The van der Waals surface area contributed by atoms with Crippen molar-refractivity contribution in [2.75, 3.05) is 64.0 Å². The summed E-state index contributed by atoms with van der Waals surface area (Å²) >= 11 is 0. The molecule has 2 aliphatic rings. The maximum atomic E-state index is 12.6. The summed E-state index contributed by atoms with van der Waals surface area (Å²) in [5.74, 6) is -0.160. The number of hydrogen-bond acceptors (Lipinski definition) is 7. The highest BCUT2D eigenvalue weighted by molar-refractivity contribution is 6.52. The van der Waals surface area contributed by atoms with Crippen molar-refractivity contribution in [3.63, 3.8) is 0 Å². The van der Waals surface area contributed by atoms with Crippen LogP contribution in [0.25, 0.3) is 0 Å². The topological polar surface area (TPSA) is 71.6 Å². The van der Waals surface area contributed by atoms with Crippen molar-refractivity contribution in [2.45, 2.75) is 6.54 Å². The van der Waals surface area contributed by atoms with E-state index in [1.165, 1.54) is 24.8 Å². The van der Waals surface area contributed by atoms with E-state index in [4.69, 9.17) is 14.2 Å². The fourth-order valence-electron chi connectivity index (χ4n) is 4.00. The van der Waals surface area contributed by atoms with Crippen LogP contribution in [0.1, 0.15) is 15.9 Å². The molecule has 0 aromatic heterocycles. The van der Waals surface area contributed by atoms with Gasteiger partial charge < -0.3 is 19.1 Å². The molecule has 164 valence electrons. The van der Waals surface area contributed by atoms with Crippen molar-refractivity contribution in [3.8, 4) is 11.5 Å². The van der Waals surface area contributed by atoms with Crippen molar-refractivity contribution < 1.29 is 23.8 Å². The Labute approximate surface area is 181 Å². The second kappa shape index (κ2) is 8.95. The second-order valence-corrected chi connectivity index (χ2v) is 7.71. The Bertz CT molecular complexity index is 970. The van der Waals surface area contributed by atoms with Gasteiger partial charge in [-0.1, -0.05) is 12.1 Å². The van der Waals surface area contributed by atoms with Crippen LogP contribution in [0.15, 0.2) is 36.4 Å². The van der Waals surface area contributed by atoms with Gasteiger partial charge in [0.05, 0.1) is 45.4 Å². The molecule has 1 amide bonds. The lowest BCUT2D eigenvalue weighted by atomic mass is 10.1. The van der Waals surface area contributed by atoms with Gasteiger partial charge >= 0.3 is 5.91 Å². The van der Waals surface area contributed by atoms with E-state index in [2.05, 4.69) is 29.2 Å². The molecule has 0 bridgehead atoms. The first-order chi connectivity index (χ1) is 15.0. The number of ether oxygens (including phenoxy) is 3. The van der Waals surface area contributed by atoms with Gasteiger partial charge in [0, 0.05) is 31.4 Å². The largest absolute Gasteiger partial charge is 0.493 e. The third kappa shape index (κ3) is 4.22. The summed E-state index contributed by atoms with van der Waals surface area (Å²) in [7, 11) is 4.95. The fourth-order valence-corrected chi connectivity index (χ4v) is 4.00. The van der Waals surface area contributed by atoms with Gasteiger partial charge in [-0.2, -0.15) is 0 Å². The lowest BCUT2D eigenvalue weighted by Crippen LogP contribution is -2.39. The second-order valence-electron chi connectivity index (χ2n) is 7.71. The molecular formula is C23H27N3O5. The van der Waals surface area contributed by atoms with Crippen molar-refractivity contribution in [1.29, 1.82) is 0 Å². The molecule has 0 atom stereocenters. The van der Waals surface area contributed by atoms with Crippen LogP contribution in [0.5, 0.6) is 11.5 Å². The van der Waals surface area contributed by atoms with E-state index in [0.717, 1.165) is 31.9 Å². The van der Waals surface area contributed by atoms with Crippen LogP contribution in [0, 0.1) is 0 Å². The number of Topliss-reactive ketones (excluding diaryl/α,β-unsaturated/α-hetero) is 1. The van der Waals surface area contributed by atoms with Gasteiger partial charge in [-0.05, 0) is 30.8 Å². The third-order valence-corrected chi connectivity index (χ3v) is 5.62. The van der Waals surface area contributed by atoms with E-state index in [1.807, 2.05) is 11.9 Å². The highest BCUT2D eigenvalue weighted by Gasteiger charge is 2.37. The number of carbonyl (C=O) groups is 2. The number of amides is 1. The Morgan fingerprint density at radius 1 is 1.00 bits per heavy atom. The summed E-state index contributed by atoms with van der Waals surface area (Å²) in [5, 5.41) is 0. The summed E-state index contributed by atoms with van der Waals surface area (Å²) in [6.07, 6.45) is 0. The number of carbonyl (C=O) groups excluding carboxylic acids is 2. The summed E-state index contributed by atoms with van der Waals surface area (Å²) in [6, 6.07) is 11.7. The molecule has 0 unspecified atom stereocenters. The maximum Gasteiger partial charge on any atom is 0.300 e. The number of methoxy groups -OCH3 is 2. The van der Waals surface area contributed by atoms with Crippen LogP contribution in [0.3, 0.4) is 0 Å². The molecule has 0 saturated carbocycles. The molecule has 1 fully saturated rings. The van der Waals surface area contributed by atoms with Crippen molar-refractivity contribution in [1.82, 2.24) is 4.90 Å². The predicted octanol–water partition coefficient (Wildman–Crippen LogP) is 2.16. The van der Waals surface area contributed by atoms with E-state index in [1.54, 1.807) is 12.1 Å². The van der Waals surface area contributed by atoms with Gasteiger partial charge in [-0.25, -0.2) is 0 Å². The van der Waals surface area contributed by atoms with Gasteiger partial charge in [0.1, 0.15) is 0 Å². The number of rotatable bonds is 7. The van der Waals surface area contributed by atoms with Crippen LogP contribution >= 0.6 is 0 Å². The van der Waals surface area contributed by atoms with Gasteiger partial charge in [0.2, 0.25) is 0 Å². The van der Waals surface area contributed by atoms with Gasteiger partial charge in [0.25, 0.3) is 5.78 Å². The van der Waals surface area contributed by atoms with Crippen LogP contribution in [-0.4, -0.2) is 70.8 Å². The van der Waals surface area contributed by atoms with Crippen LogP contribution in [0.2, 0.25) is 0 Å². The first-order valence-corrected chi connectivity index (χ1v) is 10.2. The molecular weight excluding hydrogens is 398 g/mol. The number of benzene rings is 2. The number of hydrogen-bond donors (Lipinski definition) is 0. The zero-order valence-electron chi connectivity index (χ0n) is 18.1. The lowest BCUT2D eigenvalue weighted by Gasteiger charge is -2.29. The average Bonchev–Trinajstić information content (AvgIpc) is 3.03. The normalized spacial score (nSPS) is 16.1. The fraction of sp³-hybridized carbons (Fsp3) is 0.391. The number of fused-ring (bicyclic) bond motifs is 1. The van der Waals surface area contributed by atoms with E-state index in [0.29, 0.717) is 29.3 Å². The smallest absolute Gasteiger partial charge is 0.300 e. The van der Waals surface area contributed by atoms with E-state index in [-0.39, 0.29) is 6.67 Å². The Balaban J connectivity index is 1.46. The summed E-state index contributed by atoms with van der Waals surface area (Å²) in [5.41, 5.74) is 3.20. The minimum atomic E-state index is -0.542. The maximum absolute atomic E-state index is 12.6. The molecule has 8 nitrogen and oxygen atoms in total. The number of nitrogens with zero attached hydrogens (tertiary/aromatic N) is 3. The van der Waals surface area contributed by atoms with Gasteiger partial charge in [0.15, 0.2) is 11.5 Å². The van der Waals surface area contributed by atoms with Gasteiger partial charge in [-0.15, -0.1) is 0 Å². The van der Waals surface area contributed by atoms with Crippen LogP contribution < -0.4 is 19.3 Å². The summed E-state index contributed by atoms with van der Waals surface area (Å²) in [6.45, 7) is 4.24. The summed E-state index contributed by atoms with van der Waals surface area (Å²) < 4.78 is 16.0. The van der Waals surface area contributed by atoms with Gasteiger partial charge in [-0.3, -0.25) is 19.4 Å². The van der Waals surface area contributed by atoms with E-state index >= 15 is 0 Å². The molecule has 1 saturated heterocycles. The Hall–Kier alpha value is -3.10. The molecule has 8 heteroatoms. The van der Waals surface area contributed by atoms with Crippen molar-refractivity contribution in [2.24, 2.45) is 0 Å². The van der Waals surface area contributed by atoms with Crippen LogP contribution in [-0.2, 0) is 16.1 Å². The Kier molecular flexibility index (Phi) is 6.11. The monoisotopic (exact) mass is 425 g/mol. The molecule has 0 aliphatic carbocycles. The molecule has 31 heavy (non-hydrogen) atoms. The molecule has 0 radical (unpaired) electrons. The van der Waals surface area contributed by atoms with Crippen molar-refractivity contribution >= 4 is 23.1 Å². The molecule has 2 aromatic carbocycles. The molecule has 0 spiro atoms. The minimum absolute atomic E-state index is 0.290. The van der Waals surface area contributed by atoms with E-state index < -0.39 is 11.7 Å². The average molecular weight is 425 g/mol. The Morgan fingerprint density at radius 3 is 2.29 bits per heavy atom. The van der Waals surface area contributed by atoms with Crippen molar-refractivity contribution in [3.05, 3.63) is 47.5 Å².